The summed E-state index contributed by atoms with van der Waals surface area (Å²) in [5.74, 6) is 0. The monoisotopic (exact) mass is 738 g/mol. The van der Waals surface area contributed by atoms with E-state index in [4.69, 9.17) is 0 Å². The molecule has 0 atom stereocenters. The van der Waals surface area contributed by atoms with Crippen LogP contribution in [0.25, 0.3) is 82.4 Å². The molecule has 10 aromatic carbocycles. The molecule has 0 saturated carbocycles. The van der Waals surface area contributed by atoms with Crippen LogP contribution in [-0.2, 0) is 0 Å². The first kappa shape index (κ1) is 33.6. The van der Waals surface area contributed by atoms with Gasteiger partial charge in [-0.3, -0.25) is 0 Å². The van der Waals surface area contributed by atoms with Gasteiger partial charge in [0.15, 0.2) is 0 Å². The van der Waals surface area contributed by atoms with Crippen LogP contribution in [0.4, 0.5) is 17.1 Å². The summed E-state index contributed by atoms with van der Waals surface area (Å²) in [7, 11) is 0. The molecule has 0 aliphatic carbocycles. The van der Waals surface area contributed by atoms with Crippen molar-refractivity contribution in [3.63, 3.8) is 0 Å². The Morgan fingerprint density at radius 2 is 0.776 bits per heavy atom. The van der Waals surface area contributed by atoms with Crippen LogP contribution in [0, 0.1) is 0 Å². The van der Waals surface area contributed by atoms with Gasteiger partial charge < -0.3 is 9.47 Å². The molecule has 58 heavy (non-hydrogen) atoms. The van der Waals surface area contributed by atoms with Gasteiger partial charge in [-0.1, -0.05) is 170 Å². The van der Waals surface area contributed by atoms with Crippen molar-refractivity contribution in [1.82, 2.24) is 4.57 Å². The van der Waals surface area contributed by atoms with Crippen LogP contribution >= 0.6 is 0 Å². The van der Waals surface area contributed by atoms with E-state index in [-0.39, 0.29) is 0 Å². The molecule has 2 heteroatoms. The standard InChI is InChI=1S/C56H38N2/c1-3-15-39(16-4-1)40-29-31-46(32-30-40)57(47-33-34-54-53-25-11-12-28-55(53)58(56(54)38-47)45-21-5-2-6-22-45)48-36-43(51-26-13-19-41-17-7-9-23-49(41)51)35-44(37-48)52-27-14-20-42-18-8-10-24-50(42)52/h1-38H. The third-order valence-electron chi connectivity index (χ3n) is 11.5. The van der Waals surface area contributed by atoms with Crippen molar-refractivity contribution >= 4 is 60.4 Å². The van der Waals surface area contributed by atoms with Crippen molar-refractivity contribution in [2.24, 2.45) is 0 Å². The lowest BCUT2D eigenvalue weighted by Crippen LogP contribution is -2.10. The predicted octanol–water partition coefficient (Wildman–Crippen LogP) is 15.6. The zero-order valence-corrected chi connectivity index (χ0v) is 31.8. The van der Waals surface area contributed by atoms with Crippen molar-refractivity contribution in [3.05, 3.63) is 231 Å². The Morgan fingerprint density at radius 1 is 0.276 bits per heavy atom. The SMILES string of the molecule is c1ccc(-c2ccc(N(c3cc(-c4cccc5ccccc45)cc(-c4cccc5ccccc45)c3)c3ccc4c5ccccc5n(-c5ccccc5)c4c3)cc2)cc1. The summed E-state index contributed by atoms with van der Waals surface area (Å²) in [6.45, 7) is 0. The molecule has 0 fully saturated rings. The summed E-state index contributed by atoms with van der Waals surface area (Å²) < 4.78 is 2.40. The molecule has 0 spiro atoms. The van der Waals surface area contributed by atoms with E-state index < -0.39 is 0 Å². The van der Waals surface area contributed by atoms with Crippen molar-refractivity contribution < 1.29 is 0 Å². The van der Waals surface area contributed by atoms with Gasteiger partial charge >= 0.3 is 0 Å². The molecule has 11 rings (SSSR count). The predicted molar refractivity (Wildman–Crippen MR) is 247 cm³/mol. The van der Waals surface area contributed by atoms with Crippen molar-refractivity contribution in [1.29, 1.82) is 0 Å². The Hall–Kier alpha value is -7.68. The number of nitrogens with zero attached hydrogens (tertiary/aromatic N) is 2. The van der Waals surface area contributed by atoms with Gasteiger partial charge in [0.2, 0.25) is 0 Å². The lowest BCUT2D eigenvalue weighted by molar-refractivity contribution is 1.18. The second-order valence-electron chi connectivity index (χ2n) is 15.0. The minimum absolute atomic E-state index is 1.08. The summed E-state index contributed by atoms with van der Waals surface area (Å²) in [6, 6.07) is 83.9. The van der Waals surface area contributed by atoms with Crippen LogP contribution < -0.4 is 4.90 Å². The third-order valence-corrected chi connectivity index (χ3v) is 11.5. The lowest BCUT2D eigenvalue weighted by Gasteiger charge is -2.27. The van der Waals surface area contributed by atoms with Gasteiger partial charge in [-0.05, 0) is 116 Å². The molecule has 0 amide bonds. The van der Waals surface area contributed by atoms with E-state index in [1.807, 2.05) is 0 Å². The molecule has 0 bridgehead atoms. The second kappa shape index (κ2) is 14.1. The molecule has 0 unspecified atom stereocenters. The van der Waals surface area contributed by atoms with Crippen LogP contribution in [0.5, 0.6) is 0 Å². The largest absolute Gasteiger partial charge is 0.310 e. The van der Waals surface area contributed by atoms with Crippen LogP contribution in [0.3, 0.4) is 0 Å². The van der Waals surface area contributed by atoms with E-state index in [2.05, 4.69) is 240 Å². The number of hydrogen-bond donors (Lipinski definition) is 0. The highest BCUT2D eigenvalue weighted by Gasteiger charge is 2.20. The number of para-hydroxylation sites is 2. The molecule has 11 aromatic rings. The fourth-order valence-electron chi connectivity index (χ4n) is 8.84. The summed E-state index contributed by atoms with van der Waals surface area (Å²) in [5, 5.41) is 7.39. The smallest absolute Gasteiger partial charge is 0.0561 e. The van der Waals surface area contributed by atoms with E-state index >= 15 is 0 Å². The van der Waals surface area contributed by atoms with E-state index in [0.29, 0.717) is 0 Å². The van der Waals surface area contributed by atoms with Crippen molar-refractivity contribution in [2.45, 2.75) is 0 Å². The minimum atomic E-state index is 1.08. The van der Waals surface area contributed by atoms with Gasteiger partial charge in [0.1, 0.15) is 0 Å². The lowest BCUT2D eigenvalue weighted by atomic mass is 9.92. The van der Waals surface area contributed by atoms with E-state index in [1.54, 1.807) is 0 Å². The number of anilines is 3. The van der Waals surface area contributed by atoms with Crippen LogP contribution in [0.2, 0.25) is 0 Å². The summed E-state index contributed by atoms with van der Waals surface area (Å²) in [5.41, 5.74) is 13.9. The Kier molecular flexibility index (Phi) is 8.19. The second-order valence-corrected chi connectivity index (χ2v) is 15.0. The fraction of sp³-hybridized carbons (Fsp3) is 0. The van der Waals surface area contributed by atoms with Gasteiger partial charge in [-0.25, -0.2) is 0 Å². The molecule has 272 valence electrons. The Morgan fingerprint density at radius 3 is 1.43 bits per heavy atom. The average Bonchev–Trinajstić information content (AvgIpc) is 3.63. The first-order chi connectivity index (χ1) is 28.8. The molecule has 1 heterocycles. The number of aromatic nitrogens is 1. The molecule has 2 nitrogen and oxygen atoms in total. The molecular formula is C56H38N2. The number of hydrogen-bond acceptors (Lipinski definition) is 1. The average molecular weight is 739 g/mol. The number of benzene rings is 10. The molecule has 0 aliphatic heterocycles. The highest BCUT2D eigenvalue weighted by molar-refractivity contribution is 6.10. The zero-order valence-electron chi connectivity index (χ0n) is 31.8. The maximum absolute atomic E-state index is 2.43. The van der Waals surface area contributed by atoms with E-state index in [0.717, 1.165) is 28.3 Å². The highest BCUT2D eigenvalue weighted by atomic mass is 15.1. The first-order valence-electron chi connectivity index (χ1n) is 19.9. The summed E-state index contributed by atoms with van der Waals surface area (Å²) in [4.78, 5) is 2.43. The van der Waals surface area contributed by atoms with Gasteiger partial charge in [-0.2, -0.15) is 0 Å². The van der Waals surface area contributed by atoms with Gasteiger partial charge in [0.25, 0.3) is 0 Å². The van der Waals surface area contributed by atoms with Crippen LogP contribution in [-0.4, -0.2) is 4.57 Å². The van der Waals surface area contributed by atoms with E-state index in [9.17, 15) is 0 Å². The maximum Gasteiger partial charge on any atom is 0.0561 e. The molecule has 1 aromatic heterocycles. The Balaban J connectivity index is 1.19. The quantitative estimate of drug-likeness (QED) is 0.158. The van der Waals surface area contributed by atoms with Crippen molar-refractivity contribution in [3.8, 4) is 39.1 Å². The van der Waals surface area contributed by atoms with Gasteiger partial charge in [0, 0.05) is 33.5 Å². The number of fused-ring (bicyclic) bond motifs is 5. The van der Waals surface area contributed by atoms with Crippen molar-refractivity contribution in [2.75, 3.05) is 4.90 Å². The highest BCUT2D eigenvalue weighted by Crippen LogP contribution is 2.44. The number of rotatable bonds is 7. The minimum Gasteiger partial charge on any atom is -0.310 e. The Labute approximate surface area is 338 Å². The van der Waals surface area contributed by atoms with Crippen LogP contribution in [0.15, 0.2) is 231 Å². The topological polar surface area (TPSA) is 8.17 Å². The molecule has 0 N–H and O–H groups in total. The van der Waals surface area contributed by atoms with Gasteiger partial charge in [-0.15, -0.1) is 0 Å². The zero-order chi connectivity index (χ0) is 38.4. The molecule has 0 aliphatic rings. The molecule has 0 saturated heterocycles. The molecule has 0 radical (unpaired) electrons. The van der Waals surface area contributed by atoms with E-state index in [1.165, 1.54) is 71.2 Å². The van der Waals surface area contributed by atoms with Gasteiger partial charge in [0.05, 0.1) is 11.0 Å². The summed E-state index contributed by atoms with van der Waals surface area (Å²) in [6.07, 6.45) is 0. The maximum atomic E-state index is 2.43. The fourth-order valence-corrected chi connectivity index (χ4v) is 8.84. The summed E-state index contributed by atoms with van der Waals surface area (Å²) >= 11 is 0. The first-order valence-corrected chi connectivity index (χ1v) is 19.9. The molecular weight excluding hydrogens is 701 g/mol. The van der Waals surface area contributed by atoms with Crippen LogP contribution in [0.1, 0.15) is 0 Å². The Bertz CT molecular complexity index is 3160. The normalized spacial score (nSPS) is 11.4. The third kappa shape index (κ3) is 5.82.